The Hall–Kier alpha value is -4.56. The van der Waals surface area contributed by atoms with Gasteiger partial charge in [0.15, 0.2) is 0 Å². The fourth-order valence-corrected chi connectivity index (χ4v) is 5.37. The normalized spacial score (nSPS) is 14.0. The molecule has 2 aromatic heterocycles. The zero-order valence-electron chi connectivity index (χ0n) is 26.5. The fraction of sp³-hybridized carbons (Fsp3) is 0.433. The number of aliphatic carboxylic acids is 2. The van der Waals surface area contributed by atoms with E-state index < -0.39 is 40.4 Å². The van der Waals surface area contributed by atoms with Crippen LogP contribution in [0.1, 0.15) is 50.9 Å². The number of hydrogen-bond donors (Lipinski definition) is 4. The van der Waals surface area contributed by atoms with Crippen molar-refractivity contribution in [3.63, 3.8) is 0 Å². The van der Waals surface area contributed by atoms with Crippen LogP contribution in [0.2, 0.25) is 0 Å². The highest BCUT2D eigenvalue weighted by Crippen LogP contribution is 2.25. The molecule has 50 heavy (non-hydrogen) atoms. The lowest BCUT2D eigenvalue weighted by atomic mass is 10.1. The number of aromatic nitrogens is 3. The predicted octanol–water partition coefficient (Wildman–Crippen LogP) is 5.13. The predicted molar refractivity (Wildman–Crippen MR) is 166 cm³/mol. The summed E-state index contributed by atoms with van der Waals surface area (Å²) < 4.78 is 98.2. The molecule has 0 aliphatic carbocycles. The Balaban J connectivity index is 0.000000521. The summed E-state index contributed by atoms with van der Waals surface area (Å²) in [5, 5.41) is 14.2. The highest BCUT2D eigenvalue weighted by atomic mass is 32.2. The summed E-state index contributed by atoms with van der Waals surface area (Å²) in [4.78, 5) is 43.4. The number of hydrogen-bond acceptors (Lipinski definition) is 9. The van der Waals surface area contributed by atoms with Gasteiger partial charge in [0, 0.05) is 25.7 Å². The number of unbranched alkanes of at least 4 members (excludes halogenated alkanes) is 2. The van der Waals surface area contributed by atoms with Gasteiger partial charge in [-0.05, 0) is 37.5 Å². The van der Waals surface area contributed by atoms with Crippen LogP contribution < -0.4 is 9.62 Å². The van der Waals surface area contributed by atoms with Gasteiger partial charge in [-0.2, -0.15) is 26.3 Å². The van der Waals surface area contributed by atoms with Gasteiger partial charge in [0.05, 0.1) is 31.1 Å². The minimum Gasteiger partial charge on any atom is -0.475 e. The van der Waals surface area contributed by atoms with Crippen molar-refractivity contribution >= 4 is 33.6 Å². The van der Waals surface area contributed by atoms with Crippen molar-refractivity contribution in [1.82, 2.24) is 19.7 Å². The number of H-pyrrole nitrogens is 1. The monoisotopic (exact) mass is 739 g/mol. The van der Waals surface area contributed by atoms with Crippen molar-refractivity contribution in [1.29, 1.82) is 0 Å². The van der Waals surface area contributed by atoms with Crippen LogP contribution in [-0.2, 0) is 29.1 Å². The third-order valence-corrected chi connectivity index (χ3v) is 8.14. The van der Waals surface area contributed by atoms with Gasteiger partial charge in [0.25, 0.3) is 0 Å². The van der Waals surface area contributed by atoms with Crippen molar-refractivity contribution < 1.29 is 64.1 Å². The summed E-state index contributed by atoms with van der Waals surface area (Å²) in [6, 6.07) is 12.6. The molecule has 1 fully saturated rings. The van der Waals surface area contributed by atoms with E-state index in [4.69, 9.17) is 24.5 Å². The summed E-state index contributed by atoms with van der Waals surface area (Å²) >= 11 is 0. The Morgan fingerprint density at radius 1 is 0.900 bits per heavy atom. The van der Waals surface area contributed by atoms with Gasteiger partial charge in [-0.1, -0.05) is 43.2 Å². The lowest BCUT2D eigenvalue weighted by Crippen LogP contribution is -2.36. The lowest BCUT2D eigenvalue weighted by Gasteiger charge is -2.27. The van der Waals surface area contributed by atoms with E-state index >= 15 is 0 Å². The Bertz CT molecular complexity index is 1610. The summed E-state index contributed by atoms with van der Waals surface area (Å²) in [6.07, 6.45) is -3.57. The molecule has 13 nitrogen and oxygen atoms in total. The molecule has 1 saturated heterocycles. The number of imidazole rings is 1. The summed E-state index contributed by atoms with van der Waals surface area (Å²) in [6.45, 7) is 4.30. The SMILES string of the molecule is CC(=O)CCCCC[C@H](NS(=O)(=O)c1ccc(N2CCOCC2)nc1)c1ncc(-c2ccccc2)[nH]1.O=C(O)C(F)(F)F.O=C(O)C(F)(F)F. The smallest absolute Gasteiger partial charge is 0.475 e. The van der Waals surface area contributed by atoms with Crippen molar-refractivity contribution in [3.05, 3.63) is 60.7 Å². The van der Waals surface area contributed by atoms with E-state index in [2.05, 4.69) is 24.6 Å². The number of aromatic amines is 1. The van der Waals surface area contributed by atoms with Crippen molar-refractivity contribution in [2.75, 3.05) is 31.2 Å². The number of nitrogens with zero attached hydrogens (tertiary/aromatic N) is 3. The number of Topliss-reactive ketones (excluding diaryl/α,β-unsaturated/α-hetero) is 1. The van der Waals surface area contributed by atoms with Crippen molar-refractivity contribution in [3.8, 4) is 11.3 Å². The Morgan fingerprint density at radius 3 is 1.98 bits per heavy atom. The summed E-state index contributed by atoms with van der Waals surface area (Å²) in [5.41, 5.74) is 1.80. The molecule has 1 atom stereocenters. The van der Waals surface area contributed by atoms with Gasteiger partial charge < -0.3 is 29.6 Å². The number of nitrogens with one attached hydrogen (secondary N) is 2. The third kappa shape index (κ3) is 14.5. The van der Waals surface area contributed by atoms with Crippen LogP contribution in [0.15, 0.2) is 59.8 Å². The molecule has 1 aliphatic rings. The van der Waals surface area contributed by atoms with Gasteiger partial charge >= 0.3 is 24.3 Å². The Labute approximate surface area is 282 Å². The molecule has 3 aromatic rings. The second-order valence-electron chi connectivity index (χ2n) is 10.6. The van der Waals surface area contributed by atoms with E-state index in [1.54, 1.807) is 25.3 Å². The molecule has 1 aliphatic heterocycles. The summed E-state index contributed by atoms with van der Waals surface area (Å²) in [5.74, 6) is -4.06. The minimum atomic E-state index is -5.08. The number of carbonyl (C=O) groups excluding carboxylic acids is 1. The Morgan fingerprint density at radius 2 is 1.48 bits per heavy atom. The maximum atomic E-state index is 13.3. The molecule has 1 aromatic carbocycles. The highest BCUT2D eigenvalue weighted by Gasteiger charge is 2.39. The fourth-order valence-electron chi connectivity index (χ4n) is 4.20. The number of ketones is 1. The molecule has 4 rings (SSSR count). The molecule has 0 amide bonds. The van der Waals surface area contributed by atoms with E-state index in [9.17, 15) is 39.6 Å². The molecule has 0 spiro atoms. The van der Waals surface area contributed by atoms with Crippen molar-refractivity contribution in [2.45, 2.75) is 62.3 Å². The number of alkyl halides is 6. The number of anilines is 1. The Kier molecular flexibility index (Phi) is 15.8. The maximum Gasteiger partial charge on any atom is 0.490 e. The number of sulfonamides is 1. The molecule has 4 N–H and O–H groups in total. The van der Waals surface area contributed by atoms with Crippen LogP contribution in [0, 0.1) is 0 Å². The zero-order valence-corrected chi connectivity index (χ0v) is 27.3. The first kappa shape index (κ1) is 41.6. The topological polar surface area (TPSA) is 192 Å². The average molecular weight is 740 g/mol. The number of morpholine rings is 1. The van der Waals surface area contributed by atoms with Gasteiger partial charge in [0.2, 0.25) is 10.0 Å². The van der Waals surface area contributed by atoms with Crippen molar-refractivity contribution in [2.24, 2.45) is 0 Å². The zero-order chi connectivity index (χ0) is 37.5. The molecular formula is C30H35F6N5O8S. The molecule has 20 heteroatoms. The van der Waals surface area contributed by atoms with E-state index in [1.807, 2.05) is 30.3 Å². The molecule has 3 heterocycles. The number of ether oxygens (including phenoxy) is 1. The average Bonchev–Trinajstić information content (AvgIpc) is 3.55. The largest absolute Gasteiger partial charge is 0.490 e. The van der Waals surface area contributed by atoms with Gasteiger partial charge in [-0.3, -0.25) is 0 Å². The number of benzene rings is 1. The number of pyridine rings is 1. The second kappa shape index (κ2) is 19.0. The molecular weight excluding hydrogens is 704 g/mol. The first-order valence-electron chi connectivity index (χ1n) is 14.8. The quantitative estimate of drug-likeness (QED) is 0.142. The molecule has 0 radical (unpaired) electrons. The van der Waals surface area contributed by atoms with Crippen LogP contribution in [-0.4, -0.2) is 90.0 Å². The van der Waals surface area contributed by atoms with Crippen LogP contribution in [0.3, 0.4) is 0 Å². The van der Waals surface area contributed by atoms with E-state index in [-0.39, 0.29) is 10.7 Å². The number of rotatable bonds is 12. The van der Waals surface area contributed by atoms with Gasteiger partial charge in [-0.15, -0.1) is 0 Å². The lowest BCUT2D eigenvalue weighted by molar-refractivity contribution is -0.193. The third-order valence-electron chi connectivity index (χ3n) is 6.68. The number of carboxylic acid groups (broad SMARTS) is 2. The number of carbonyl (C=O) groups is 3. The second-order valence-corrected chi connectivity index (χ2v) is 12.3. The van der Waals surface area contributed by atoms with Gasteiger partial charge in [0.1, 0.15) is 22.3 Å². The van der Waals surface area contributed by atoms with Crippen LogP contribution >= 0.6 is 0 Å². The highest BCUT2D eigenvalue weighted by molar-refractivity contribution is 7.89. The first-order chi connectivity index (χ1) is 23.3. The van der Waals surface area contributed by atoms with Gasteiger partial charge in [-0.25, -0.2) is 32.7 Å². The molecule has 276 valence electrons. The first-order valence-corrected chi connectivity index (χ1v) is 16.3. The number of carboxylic acids is 2. The van der Waals surface area contributed by atoms with Crippen LogP contribution in [0.4, 0.5) is 32.2 Å². The minimum absolute atomic E-state index is 0.107. The maximum absolute atomic E-state index is 13.3. The molecule has 0 bridgehead atoms. The van der Waals surface area contributed by atoms with E-state index in [0.29, 0.717) is 31.9 Å². The molecule has 0 unspecified atom stereocenters. The van der Waals surface area contributed by atoms with E-state index in [0.717, 1.165) is 49.4 Å². The van der Waals surface area contributed by atoms with Crippen LogP contribution in [0.25, 0.3) is 11.3 Å². The summed E-state index contributed by atoms with van der Waals surface area (Å²) in [7, 11) is -3.84. The van der Waals surface area contributed by atoms with E-state index in [1.165, 1.54) is 6.20 Å². The standard InChI is InChI=1S/C26H33N5O4S.2C2HF3O2/c1-20(32)8-4-2-7-11-23(26-28-19-24(29-26)21-9-5-3-6-10-21)30-36(33,34)22-12-13-25(27-18-22)31-14-16-35-17-15-31;2*3-2(4,5)1(6)7/h3,5-6,9-10,12-13,18-19,23,30H,2,4,7-8,11,14-17H2,1H3,(H,28,29);2*(H,6,7)/t23-;;/m0../s1. The number of halogens is 6. The molecule has 0 saturated carbocycles. The van der Waals surface area contributed by atoms with Crippen LogP contribution in [0.5, 0.6) is 0 Å².